The molecule has 1 saturated heterocycles. The van der Waals surface area contributed by atoms with Crippen molar-refractivity contribution in [2.24, 2.45) is 0 Å². The molecule has 1 rings (SSSR count). The molecule has 1 unspecified atom stereocenters. The van der Waals surface area contributed by atoms with Gasteiger partial charge in [-0.15, -0.1) is 0 Å². The highest BCUT2D eigenvalue weighted by Crippen LogP contribution is 2.37. The Kier molecular flexibility index (Phi) is 3.90. The minimum atomic E-state index is -4.25. The Balaban J connectivity index is 2.78. The van der Waals surface area contributed by atoms with E-state index in [0.717, 1.165) is 0 Å². The number of rotatable bonds is 4. The van der Waals surface area contributed by atoms with Crippen molar-refractivity contribution in [3.63, 3.8) is 0 Å². The molecule has 0 saturated carbocycles. The maximum atomic E-state index is 13.4. The summed E-state index contributed by atoms with van der Waals surface area (Å²) >= 11 is 0. The number of hydrogen-bond donors (Lipinski definition) is 0. The average Bonchev–Trinajstić information content (AvgIpc) is 2.29. The van der Waals surface area contributed by atoms with Gasteiger partial charge in [-0.25, -0.2) is 9.29 Å². The zero-order valence-electron chi connectivity index (χ0n) is 8.44. The Bertz CT molecular complexity index is 252. The minimum Gasteiger partial charge on any atom is -0.379 e. The van der Waals surface area contributed by atoms with Crippen LogP contribution in [-0.2, 0) is 4.74 Å². The van der Waals surface area contributed by atoms with Gasteiger partial charge in [0.2, 0.25) is 6.17 Å². The van der Waals surface area contributed by atoms with Crippen molar-refractivity contribution in [3.05, 3.63) is 12.7 Å². The fraction of sp³-hybridized carbons (Fsp3) is 0.778. The number of ether oxygens (including phenoxy) is 1. The van der Waals surface area contributed by atoms with Gasteiger partial charge in [-0.1, -0.05) is 6.58 Å². The first-order valence-corrected chi connectivity index (χ1v) is 4.68. The van der Waals surface area contributed by atoms with Gasteiger partial charge in [0.05, 0.1) is 13.2 Å². The third-order valence-electron chi connectivity index (χ3n) is 2.35. The lowest BCUT2D eigenvalue weighted by molar-refractivity contribution is -0.248. The molecule has 0 spiro atoms. The third-order valence-corrected chi connectivity index (χ3v) is 2.35. The van der Waals surface area contributed by atoms with Gasteiger partial charge in [0.1, 0.15) is 0 Å². The molecule has 16 heavy (non-hydrogen) atoms. The van der Waals surface area contributed by atoms with E-state index >= 15 is 0 Å². The molecule has 2 nitrogen and oxygen atoms in total. The molecule has 0 aromatic carbocycles. The molecule has 94 valence electrons. The van der Waals surface area contributed by atoms with Crippen LogP contribution in [0.5, 0.6) is 0 Å². The van der Waals surface area contributed by atoms with Crippen LogP contribution in [0.2, 0.25) is 0 Å². The Morgan fingerprint density at radius 3 is 2.12 bits per heavy atom. The summed E-state index contributed by atoms with van der Waals surface area (Å²) in [6, 6.07) is -4.22. The topological polar surface area (TPSA) is 12.5 Å². The molecule has 1 fully saturated rings. The van der Waals surface area contributed by atoms with Crippen LogP contribution in [0.4, 0.5) is 22.0 Å². The van der Waals surface area contributed by atoms with E-state index in [0.29, 0.717) is 4.90 Å². The predicted molar refractivity (Wildman–Crippen MR) is 47.4 cm³/mol. The molecule has 0 aromatic heterocycles. The number of nitrogens with zero attached hydrogens (tertiary/aromatic N) is 1. The van der Waals surface area contributed by atoms with Gasteiger partial charge in [-0.3, -0.25) is 0 Å². The van der Waals surface area contributed by atoms with Crippen molar-refractivity contribution < 1.29 is 26.7 Å². The van der Waals surface area contributed by atoms with Crippen LogP contribution in [0.3, 0.4) is 0 Å². The largest absolute Gasteiger partial charge is 0.379 e. The Morgan fingerprint density at radius 2 is 1.69 bits per heavy atom. The standard InChI is InChI=1S/C9H12F5NO/c1-2-8(11,12)7(10)9(13,14)15-3-5-16-6-4-15/h2,7H,1,3-6H2. The van der Waals surface area contributed by atoms with E-state index in [1.54, 1.807) is 0 Å². The zero-order chi connectivity index (χ0) is 12.4. The van der Waals surface area contributed by atoms with E-state index in [-0.39, 0.29) is 32.4 Å². The molecule has 0 aromatic rings. The summed E-state index contributed by atoms with van der Waals surface area (Å²) in [7, 11) is 0. The van der Waals surface area contributed by atoms with Gasteiger partial charge < -0.3 is 4.74 Å². The first-order chi connectivity index (χ1) is 7.32. The molecule has 1 atom stereocenters. The quantitative estimate of drug-likeness (QED) is 0.427. The first-order valence-electron chi connectivity index (χ1n) is 4.68. The summed E-state index contributed by atoms with van der Waals surface area (Å²) in [5, 5.41) is 0. The number of morpholine rings is 1. The van der Waals surface area contributed by atoms with Crippen LogP contribution >= 0.6 is 0 Å². The summed E-state index contributed by atoms with van der Waals surface area (Å²) in [5.41, 5.74) is 0. The second kappa shape index (κ2) is 4.67. The van der Waals surface area contributed by atoms with Crippen LogP contribution in [0.25, 0.3) is 0 Å². The number of alkyl halides is 5. The summed E-state index contributed by atoms with van der Waals surface area (Å²) < 4.78 is 70.1. The first kappa shape index (κ1) is 13.4. The van der Waals surface area contributed by atoms with Gasteiger partial charge in [0.15, 0.2) is 0 Å². The van der Waals surface area contributed by atoms with E-state index in [1.807, 2.05) is 0 Å². The summed E-state index contributed by atoms with van der Waals surface area (Å²) in [4.78, 5) is 0.360. The normalized spacial score (nSPS) is 21.8. The van der Waals surface area contributed by atoms with Gasteiger partial charge in [0, 0.05) is 13.1 Å². The second-order valence-corrected chi connectivity index (χ2v) is 3.43. The number of allylic oxidation sites excluding steroid dienone is 1. The monoisotopic (exact) mass is 245 g/mol. The Morgan fingerprint density at radius 1 is 1.19 bits per heavy atom. The molecule has 0 amide bonds. The summed E-state index contributed by atoms with van der Waals surface area (Å²) in [6.45, 7) is 2.04. The fourth-order valence-electron chi connectivity index (χ4n) is 1.36. The highest BCUT2D eigenvalue weighted by molar-refractivity contribution is 4.99. The molecule has 1 aliphatic heterocycles. The van der Waals surface area contributed by atoms with Crippen molar-refractivity contribution in [2.45, 2.75) is 18.1 Å². The number of halogens is 5. The van der Waals surface area contributed by atoms with Crippen molar-refractivity contribution in [1.29, 1.82) is 0 Å². The van der Waals surface area contributed by atoms with Gasteiger partial charge in [-0.05, 0) is 6.08 Å². The van der Waals surface area contributed by atoms with Gasteiger partial charge in [0.25, 0.3) is 0 Å². The maximum Gasteiger partial charge on any atom is 0.342 e. The number of hydrogen-bond acceptors (Lipinski definition) is 2. The molecule has 7 heteroatoms. The zero-order valence-corrected chi connectivity index (χ0v) is 8.44. The fourth-order valence-corrected chi connectivity index (χ4v) is 1.36. The van der Waals surface area contributed by atoms with E-state index in [2.05, 4.69) is 6.58 Å². The van der Waals surface area contributed by atoms with Crippen LogP contribution in [0.1, 0.15) is 0 Å². The Hall–Kier alpha value is -0.690. The van der Waals surface area contributed by atoms with Gasteiger partial charge in [-0.2, -0.15) is 17.6 Å². The van der Waals surface area contributed by atoms with Crippen molar-refractivity contribution in [1.82, 2.24) is 4.90 Å². The smallest absolute Gasteiger partial charge is 0.342 e. The Labute approximate surface area is 89.7 Å². The minimum absolute atomic E-state index is 0.0258. The molecular weight excluding hydrogens is 233 g/mol. The van der Waals surface area contributed by atoms with Gasteiger partial charge >= 0.3 is 12.0 Å². The molecule has 0 N–H and O–H groups in total. The van der Waals surface area contributed by atoms with Crippen LogP contribution in [-0.4, -0.2) is 49.3 Å². The highest BCUT2D eigenvalue weighted by Gasteiger charge is 2.57. The molecular formula is C9H12F5NO. The van der Waals surface area contributed by atoms with Crippen LogP contribution in [0.15, 0.2) is 12.7 Å². The van der Waals surface area contributed by atoms with E-state index < -0.39 is 18.1 Å². The average molecular weight is 245 g/mol. The lowest BCUT2D eigenvalue weighted by Crippen LogP contribution is -2.57. The van der Waals surface area contributed by atoms with E-state index in [9.17, 15) is 22.0 Å². The lowest BCUT2D eigenvalue weighted by Gasteiger charge is -2.37. The molecule has 0 bridgehead atoms. The molecule has 1 heterocycles. The summed E-state index contributed by atoms with van der Waals surface area (Å²) in [6.07, 6.45) is -3.71. The molecule has 1 aliphatic rings. The van der Waals surface area contributed by atoms with E-state index in [4.69, 9.17) is 4.74 Å². The maximum absolute atomic E-state index is 13.4. The van der Waals surface area contributed by atoms with E-state index in [1.165, 1.54) is 0 Å². The SMILES string of the molecule is C=CC(F)(F)C(F)C(F)(F)N1CCOCC1. The highest BCUT2D eigenvalue weighted by atomic mass is 19.3. The van der Waals surface area contributed by atoms with Crippen LogP contribution < -0.4 is 0 Å². The lowest BCUT2D eigenvalue weighted by atomic mass is 10.1. The van der Waals surface area contributed by atoms with Crippen molar-refractivity contribution >= 4 is 0 Å². The molecule has 0 radical (unpaired) electrons. The van der Waals surface area contributed by atoms with Crippen molar-refractivity contribution in [2.75, 3.05) is 26.3 Å². The summed E-state index contributed by atoms with van der Waals surface area (Å²) in [5.74, 6) is -4.25. The molecule has 0 aliphatic carbocycles. The van der Waals surface area contributed by atoms with Crippen molar-refractivity contribution in [3.8, 4) is 0 Å². The third kappa shape index (κ3) is 2.52. The predicted octanol–water partition coefficient (Wildman–Crippen LogP) is 2.07. The van der Waals surface area contributed by atoms with Crippen LogP contribution in [0, 0.1) is 0 Å². The second-order valence-electron chi connectivity index (χ2n) is 3.43.